The number of hydrogen-bond donors (Lipinski definition) is 3. The lowest BCUT2D eigenvalue weighted by Crippen LogP contribution is -2.44. The summed E-state index contributed by atoms with van der Waals surface area (Å²) in [4.78, 5) is 18.7. The number of guanidine groups is 1. The molecule has 1 amide bonds. The lowest BCUT2D eigenvalue weighted by Gasteiger charge is -2.26. The molecular weight excluding hydrogens is 394 g/mol. The number of carbonyl (C=O) groups is 1. The highest BCUT2D eigenvalue weighted by Gasteiger charge is 2.29. The molecule has 2 aliphatic rings. The van der Waals surface area contributed by atoms with Crippen molar-refractivity contribution in [2.75, 3.05) is 44.7 Å². The van der Waals surface area contributed by atoms with Gasteiger partial charge >= 0.3 is 0 Å². The molecule has 2 unspecified atom stereocenters. The monoisotopic (exact) mass is 425 g/mol. The molecule has 0 aliphatic carbocycles. The van der Waals surface area contributed by atoms with Crippen LogP contribution in [-0.2, 0) is 14.6 Å². The van der Waals surface area contributed by atoms with E-state index in [1.807, 2.05) is 12.1 Å². The van der Waals surface area contributed by atoms with Gasteiger partial charge in [-0.25, -0.2) is 8.42 Å². The summed E-state index contributed by atoms with van der Waals surface area (Å²) in [5, 5.41) is 9.26. The van der Waals surface area contributed by atoms with Crippen LogP contribution in [0, 0.1) is 0 Å². The van der Waals surface area contributed by atoms with Gasteiger partial charge in [-0.15, -0.1) is 0 Å². The van der Waals surface area contributed by atoms with Gasteiger partial charge in [0, 0.05) is 32.6 Å². The zero-order valence-electron chi connectivity index (χ0n) is 16.9. The van der Waals surface area contributed by atoms with Gasteiger partial charge in [0.2, 0.25) is 5.91 Å². The van der Waals surface area contributed by atoms with Crippen molar-refractivity contribution >= 4 is 21.7 Å². The molecule has 3 rings (SSSR count). The number of carbonyl (C=O) groups excluding carboxylic acids is 1. The first-order valence-electron chi connectivity index (χ1n) is 10.2. The molecule has 29 heavy (non-hydrogen) atoms. The van der Waals surface area contributed by atoms with E-state index in [0.29, 0.717) is 25.5 Å². The van der Waals surface area contributed by atoms with Gasteiger partial charge in [-0.1, -0.05) is 0 Å². The van der Waals surface area contributed by atoms with Gasteiger partial charge in [-0.2, -0.15) is 0 Å². The molecule has 10 heteroatoms. The van der Waals surface area contributed by atoms with Crippen LogP contribution >= 0.6 is 0 Å². The van der Waals surface area contributed by atoms with Gasteiger partial charge in [0.1, 0.15) is 5.76 Å². The molecule has 0 aromatic carbocycles. The van der Waals surface area contributed by atoms with Crippen molar-refractivity contribution in [3.63, 3.8) is 0 Å². The Morgan fingerprint density at radius 2 is 2.14 bits per heavy atom. The molecule has 0 bridgehead atoms. The summed E-state index contributed by atoms with van der Waals surface area (Å²) in [5.41, 5.74) is 0. The fourth-order valence-electron chi connectivity index (χ4n) is 3.86. The van der Waals surface area contributed by atoms with E-state index in [1.165, 1.54) is 12.8 Å². The van der Waals surface area contributed by atoms with Crippen LogP contribution in [0.2, 0.25) is 0 Å². The number of furan rings is 1. The molecule has 162 valence electrons. The number of hydrogen-bond acceptors (Lipinski definition) is 6. The van der Waals surface area contributed by atoms with Crippen LogP contribution in [0.1, 0.15) is 37.5 Å². The zero-order valence-corrected chi connectivity index (χ0v) is 17.7. The van der Waals surface area contributed by atoms with E-state index in [0.717, 1.165) is 18.8 Å². The lowest BCUT2D eigenvalue weighted by atomic mass is 10.2. The Kier molecular flexibility index (Phi) is 7.54. The minimum absolute atomic E-state index is 0.0417. The van der Waals surface area contributed by atoms with Crippen LogP contribution in [0.25, 0.3) is 0 Å². The second-order valence-corrected chi connectivity index (χ2v) is 9.80. The molecule has 2 fully saturated rings. The maximum atomic E-state index is 12.1. The second kappa shape index (κ2) is 10.1. The van der Waals surface area contributed by atoms with Crippen LogP contribution in [-0.4, -0.2) is 76.0 Å². The summed E-state index contributed by atoms with van der Waals surface area (Å²) < 4.78 is 28.6. The number of nitrogens with one attached hydrogen (secondary N) is 3. The van der Waals surface area contributed by atoms with Crippen LogP contribution < -0.4 is 16.0 Å². The Labute approximate surface area is 172 Å². The Balaban J connectivity index is 1.41. The van der Waals surface area contributed by atoms with E-state index < -0.39 is 9.84 Å². The fourth-order valence-corrected chi connectivity index (χ4v) is 5.53. The maximum Gasteiger partial charge on any atom is 0.222 e. The largest absolute Gasteiger partial charge is 0.468 e. The van der Waals surface area contributed by atoms with Crippen molar-refractivity contribution in [1.29, 1.82) is 0 Å². The highest BCUT2D eigenvalue weighted by molar-refractivity contribution is 7.91. The number of amides is 1. The molecule has 9 nitrogen and oxygen atoms in total. The minimum Gasteiger partial charge on any atom is -0.468 e. The average Bonchev–Trinajstić information content (AvgIpc) is 3.43. The summed E-state index contributed by atoms with van der Waals surface area (Å²) in [6.07, 6.45) is 4.84. The number of sulfone groups is 1. The second-order valence-electron chi connectivity index (χ2n) is 7.57. The van der Waals surface area contributed by atoms with Crippen LogP contribution in [0.3, 0.4) is 0 Å². The quantitative estimate of drug-likeness (QED) is 0.404. The standard InChI is InChI=1S/C19H31N5O4S/c1-20-19(21-8-6-18(25)23-15-7-12-29(26,27)14-15)22-13-16(17-5-4-11-28-17)24-9-2-3-10-24/h4-5,11,15-16H,2-3,6-10,12-14H2,1H3,(H,23,25)(H2,20,21,22). The van der Waals surface area contributed by atoms with Crippen molar-refractivity contribution in [3.05, 3.63) is 24.2 Å². The molecule has 1 aromatic heterocycles. The predicted octanol–water partition coefficient (Wildman–Crippen LogP) is 0.275. The summed E-state index contributed by atoms with van der Waals surface area (Å²) in [7, 11) is -1.30. The van der Waals surface area contributed by atoms with E-state index in [9.17, 15) is 13.2 Å². The molecule has 3 N–H and O–H groups in total. The summed E-state index contributed by atoms with van der Waals surface area (Å²) in [6.45, 7) is 3.17. The van der Waals surface area contributed by atoms with Gasteiger partial charge in [-0.3, -0.25) is 14.7 Å². The summed E-state index contributed by atoms with van der Waals surface area (Å²) in [6, 6.07) is 3.77. The van der Waals surface area contributed by atoms with Crippen LogP contribution in [0.4, 0.5) is 0 Å². The first-order valence-corrected chi connectivity index (χ1v) is 12.0. The smallest absolute Gasteiger partial charge is 0.222 e. The van der Waals surface area contributed by atoms with Crippen molar-refractivity contribution in [3.8, 4) is 0 Å². The third-order valence-electron chi connectivity index (χ3n) is 5.38. The predicted molar refractivity (Wildman–Crippen MR) is 111 cm³/mol. The van der Waals surface area contributed by atoms with E-state index in [-0.39, 0.29) is 35.9 Å². The third kappa shape index (κ3) is 6.46. The van der Waals surface area contributed by atoms with Crippen LogP contribution in [0.15, 0.2) is 27.8 Å². The maximum absolute atomic E-state index is 12.1. The van der Waals surface area contributed by atoms with Crippen LogP contribution in [0.5, 0.6) is 0 Å². The molecule has 2 aliphatic heterocycles. The van der Waals surface area contributed by atoms with E-state index in [4.69, 9.17) is 4.42 Å². The molecule has 0 radical (unpaired) electrons. The van der Waals surface area contributed by atoms with Gasteiger partial charge < -0.3 is 20.4 Å². The molecule has 0 spiro atoms. The third-order valence-corrected chi connectivity index (χ3v) is 7.15. The van der Waals surface area contributed by atoms with Gasteiger partial charge in [0.05, 0.1) is 23.8 Å². The van der Waals surface area contributed by atoms with Crippen molar-refractivity contribution in [2.24, 2.45) is 4.99 Å². The number of rotatable bonds is 8. The topological polar surface area (TPSA) is 116 Å². The minimum atomic E-state index is -2.99. The van der Waals surface area contributed by atoms with Gasteiger partial charge in [0.15, 0.2) is 15.8 Å². The SMILES string of the molecule is CN=C(NCCC(=O)NC1CCS(=O)(=O)C1)NCC(c1ccco1)N1CCCC1. The molecule has 3 heterocycles. The Morgan fingerprint density at radius 1 is 1.34 bits per heavy atom. The fraction of sp³-hybridized carbons (Fsp3) is 0.684. The lowest BCUT2D eigenvalue weighted by molar-refractivity contribution is -0.121. The highest BCUT2D eigenvalue weighted by atomic mass is 32.2. The molecule has 2 saturated heterocycles. The zero-order chi connectivity index (χ0) is 20.7. The van der Waals surface area contributed by atoms with E-state index in [1.54, 1.807) is 13.3 Å². The first kappa shape index (κ1) is 21.6. The Hall–Kier alpha value is -2.07. The molecular formula is C19H31N5O4S. The number of likely N-dealkylation sites (tertiary alicyclic amines) is 1. The van der Waals surface area contributed by atoms with E-state index in [2.05, 4.69) is 25.8 Å². The van der Waals surface area contributed by atoms with Gasteiger partial charge in [0.25, 0.3) is 0 Å². The van der Waals surface area contributed by atoms with Gasteiger partial charge in [-0.05, 0) is 44.5 Å². The number of aliphatic imine (C=N–C) groups is 1. The summed E-state index contributed by atoms with van der Waals surface area (Å²) >= 11 is 0. The molecule has 0 saturated carbocycles. The first-order chi connectivity index (χ1) is 14.0. The molecule has 2 atom stereocenters. The summed E-state index contributed by atoms with van der Waals surface area (Å²) in [5.74, 6) is 1.60. The number of nitrogens with zero attached hydrogens (tertiary/aromatic N) is 2. The molecule has 1 aromatic rings. The highest BCUT2D eigenvalue weighted by Crippen LogP contribution is 2.24. The van der Waals surface area contributed by atoms with Crippen molar-refractivity contribution in [1.82, 2.24) is 20.9 Å². The Bertz CT molecular complexity index is 788. The Morgan fingerprint density at radius 3 is 2.76 bits per heavy atom. The van der Waals surface area contributed by atoms with Crippen molar-refractivity contribution in [2.45, 2.75) is 37.8 Å². The normalized spacial score (nSPS) is 23.1. The van der Waals surface area contributed by atoms with E-state index >= 15 is 0 Å². The van der Waals surface area contributed by atoms with Crippen molar-refractivity contribution < 1.29 is 17.6 Å². The average molecular weight is 426 g/mol.